The zero-order chi connectivity index (χ0) is 13.0. The summed E-state index contributed by atoms with van der Waals surface area (Å²) in [7, 11) is 1.79. The fourth-order valence-electron chi connectivity index (χ4n) is 1.67. The van der Waals surface area contributed by atoms with Crippen LogP contribution in [-0.4, -0.2) is 17.0 Å². The minimum Gasteiger partial charge on any atom is -0.353 e. The Morgan fingerprint density at radius 3 is 2.83 bits per heavy atom. The highest BCUT2D eigenvalue weighted by molar-refractivity contribution is 5.49. The lowest BCUT2D eigenvalue weighted by molar-refractivity contribution is 0.625. The smallest absolute Gasteiger partial charge is 0.183 e. The summed E-state index contributed by atoms with van der Waals surface area (Å²) in [5, 5.41) is 8.94. The molecule has 0 atom stereocenters. The first-order valence-electron chi connectivity index (χ1n) is 5.37. The van der Waals surface area contributed by atoms with Crippen molar-refractivity contribution in [1.82, 2.24) is 9.97 Å². The molecule has 2 rings (SSSR count). The lowest BCUT2D eigenvalue weighted by Gasteiger charge is -2.18. The molecule has 4 nitrogen and oxygen atoms in total. The Morgan fingerprint density at radius 1 is 1.33 bits per heavy atom. The molecule has 1 aromatic heterocycles. The molecular formula is C13H11FN4. The second-order valence-electron chi connectivity index (χ2n) is 3.83. The Hall–Kier alpha value is -2.48. The molecule has 0 N–H and O–H groups in total. The largest absolute Gasteiger partial charge is 0.353 e. The van der Waals surface area contributed by atoms with E-state index in [0.29, 0.717) is 12.4 Å². The van der Waals surface area contributed by atoms with Crippen LogP contribution in [0.2, 0.25) is 0 Å². The van der Waals surface area contributed by atoms with Gasteiger partial charge < -0.3 is 4.90 Å². The lowest BCUT2D eigenvalue weighted by atomic mass is 10.2. The minimum atomic E-state index is -0.277. The summed E-state index contributed by atoms with van der Waals surface area (Å²) in [5.41, 5.74) is 1.07. The van der Waals surface area contributed by atoms with Crippen LogP contribution < -0.4 is 4.90 Å². The Labute approximate surface area is 104 Å². The van der Waals surface area contributed by atoms with Crippen LogP contribution in [0.5, 0.6) is 0 Å². The van der Waals surface area contributed by atoms with Gasteiger partial charge in [0.05, 0.1) is 0 Å². The van der Waals surface area contributed by atoms with Crippen molar-refractivity contribution in [3.8, 4) is 6.07 Å². The second kappa shape index (κ2) is 5.23. The average Bonchev–Trinajstić information content (AvgIpc) is 2.38. The number of anilines is 1. The molecule has 2 aromatic rings. The monoisotopic (exact) mass is 242 g/mol. The second-order valence-corrected chi connectivity index (χ2v) is 3.83. The zero-order valence-electron chi connectivity index (χ0n) is 9.84. The van der Waals surface area contributed by atoms with Crippen LogP contribution in [0.4, 0.5) is 10.2 Å². The van der Waals surface area contributed by atoms with Crippen LogP contribution in [0.15, 0.2) is 36.7 Å². The number of benzene rings is 1. The number of hydrogen-bond acceptors (Lipinski definition) is 4. The summed E-state index contributed by atoms with van der Waals surface area (Å²) in [6, 6.07) is 8.31. The van der Waals surface area contributed by atoms with E-state index in [2.05, 4.69) is 9.97 Å². The third kappa shape index (κ3) is 2.61. The van der Waals surface area contributed by atoms with E-state index < -0.39 is 0 Å². The third-order valence-corrected chi connectivity index (χ3v) is 2.46. The van der Waals surface area contributed by atoms with Gasteiger partial charge in [0.15, 0.2) is 11.5 Å². The maximum Gasteiger partial charge on any atom is 0.183 e. The normalized spacial score (nSPS) is 9.83. The van der Waals surface area contributed by atoms with E-state index in [1.54, 1.807) is 18.0 Å². The summed E-state index contributed by atoms with van der Waals surface area (Å²) < 4.78 is 13.1. The van der Waals surface area contributed by atoms with Crippen molar-refractivity contribution >= 4 is 5.82 Å². The first-order chi connectivity index (χ1) is 8.70. The lowest BCUT2D eigenvalue weighted by Crippen LogP contribution is -2.19. The third-order valence-electron chi connectivity index (χ3n) is 2.46. The molecule has 0 amide bonds. The Bertz CT molecular complexity index is 592. The maximum absolute atomic E-state index is 13.1. The molecule has 0 spiro atoms. The zero-order valence-corrected chi connectivity index (χ0v) is 9.84. The van der Waals surface area contributed by atoms with Crippen LogP contribution in [0.3, 0.4) is 0 Å². The number of hydrogen-bond donors (Lipinski definition) is 0. The van der Waals surface area contributed by atoms with E-state index in [-0.39, 0.29) is 11.5 Å². The highest BCUT2D eigenvalue weighted by atomic mass is 19.1. The number of aromatic nitrogens is 2. The van der Waals surface area contributed by atoms with Gasteiger partial charge >= 0.3 is 0 Å². The van der Waals surface area contributed by atoms with Crippen molar-refractivity contribution < 1.29 is 4.39 Å². The minimum absolute atomic E-state index is 0.261. The van der Waals surface area contributed by atoms with E-state index in [0.717, 1.165) is 5.56 Å². The molecule has 0 radical (unpaired) electrons. The van der Waals surface area contributed by atoms with E-state index >= 15 is 0 Å². The SMILES string of the molecule is CN(Cc1cccc(F)c1)c1nccnc1C#N. The molecule has 5 heteroatoms. The predicted octanol–water partition coefficient (Wildman–Crippen LogP) is 2.12. The van der Waals surface area contributed by atoms with Crippen molar-refractivity contribution in [3.05, 3.63) is 53.7 Å². The van der Waals surface area contributed by atoms with E-state index in [4.69, 9.17) is 5.26 Å². The van der Waals surface area contributed by atoms with Gasteiger partial charge in [0.1, 0.15) is 11.9 Å². The Morgan fingerprint density at radius 2 is 2.11 bits per heavy atom. The number of nitrogens with zero attached hydrogens (tertiary/aromatic N) is 4. The molecule has 0 aliphatic heterocycles. The molecule has 1 aromatic carbocycles. The van der Waals surface area contributed by atoms with Crippen molar-refractivity contribution in [2.75, 3.05) is 11.9 Å². The highest BCUT2D eigenvalue weighted by Gasteiger charge is 2.10. The molecule has 0 unspecified atom stereocenters. The van der Waals surface area contributed by atoms with Gasteiger partial charge in [-0.15, -0.1) is 0 Å². The fraction of sp³-hybridized carbons (Fsp3) is 0.154. The van der Waals surface area contributed by atoms with Crippen LogP contribution >= 0.6 is 0 Å². The van der Waals surface area contributed by atoms with E-state index in [1.165, 1.54) is 24.5 Å². The molecule has 0 saturated carbocycles. The van der Waals surface area contributed by atoms with Crippen LogP contribution in [0.25, 0.3) is 0 Å². The summed E-state index contributed by atoms with van der Waals surface area (Å²) in [6.07, 6.45) is 3.00. The molecule has 0 saturated heterocycles. The van der Waals surface area contributed by atoms with Crippen molar-refractivity contribution in [2.24, 2.45) is 0 Å². The number of rotatable bonds is 3. The van der Waals surface area contributed by atoms with Gasteiger partial charge in [-0.3, -0.25) is 0 Å². The van der Waals surface area contributed by atoms with Gasteiger partial charge in [0.25, 0.3) is 0 Å². The molecule has 1 heterocycles. The summed E-state index contributed by atoms with van der Waals surface area (Å²) >= 11 is 0. The van der Waals surface area contributed by atoms with E-state index in [1.807, 2.05) is 12.1 Å². The summed E-state index contributed by atoms with van der Waals surface area (Å²) in [4.78, 5) is 9.82. The molecule has 0 aliphatic carbocycles. The van der Waals surface area contributed by atoms with Crippen LogP contribution in [-0.2, 0) is 6.54 Å². The summed E-state index contributed by atoms with van der Waals surface area (Å²) in [5.74, 6) is 0.213. The standard InChI is InChI=1S/C13H11FN4/c1-18(9-10-3-2-4-11(14)7-10)13-12(8-15)16-5-6-17-13/h2-7H,9H2,1H3. The molecule has 0 fully saturated rings. The Balaban J connectivity index is 2.22. The van der Waals surface area contributed by atoms with Crippen LogP contribution in [0, 0.1) is 17.1 Å². The van der Waals surface area contributed by atoms with Crippen LogP contribution in [0.1, 0.15) is 11.3 Å². The van der Waals surface area contributed by atoms with Crippen molar-refractivity contribution in [3.63, 3.8) is 0 Å². The molecular weight excluding hydrogens is 231 g/mol. The maximum atomic E-state index is 13.1. The van der Waals surface area contributed by atoms with Crippen molar-refractivity contribution in [2.45, 2.75) is 6.54 Å². The quantitative estimate of drug-likeness (QED) is 0.827. The van der Waals surface area contributed by atoms with Gasteiger partial charge in [-0.25, -0.2) is 14.4 Å². The average molecular weight is 242 g/mol. The highest BCUT2D eigenvalue weighted by Crippen LogP contribution is 2.15. The van der Waals surface area contributed by atoms with Gasteiger partial charge in [0.2, 0.25) is 0 Å². The summed E-state index contributed by atoms with van der Waals surface area (Å²) in [6.45, 7) is 0.463. The first-order valence-corrected chi connectivity index (χ1v) is 5.37. The molecule has 18 heavy (non-hydrogen) atoms. The van der Waals surface area contributed by atoms with Gasteiger partial charge in [-0.05, 0) is 17.7 Å². The van der Waals surface area contributed by atoms with Gasteiger partial charge in [-0.2, -0.15) is 5.26 Å². The molecule has 0 aliphatic rings. The number of nitriles is 1. The fourth-order valence-corrected chi connectivity index (χ4v) is 1.67. The first kappa shape index (κ1) is 12.0. The number of halogens is 1. The van der Waals surface area contributed by atoms with Gasteiger partial charge in [0, 0.05) is 26.0 Å². The van der Waals surface area contributed by atoms with Gasteiger partial charge in [-0.1, -0.05) is 12.1 Å². The predicted molar refractivity (Wildman–Crippen MR) is 65.3 cm³/mol. The van der Waals surface area contributed by atoms with E-state index in [9.17, 15) is 4.39 Å². The molecule has 90 valence electrons. The van der Waals surface area contributed by atoms with Crippen molar-refractivity contribution in [1.29, 1.82) is 5.26 Å². The molecule has 0 bridgehead atoms. The topological polar surface area (TPSA) is 52.8 Å². The Kier molecular flexibility index (Phi) is 3.49.